The van der Waals surface area contributed by atoms with Crippen molar-refractivity contribution in [2.75, 3.05) is 36.4 Å². The molecule has 1 fully saturated rings. The summed E-state index contributed by atoms with van der Waals surface area (Å²) in [4.78, 5) is 29.1. The zero-order chi connectivity index (χ0) is 28.0. The van der Waals surface area contributed by atoms with Crippen LogP contribution in [0.25, 0.3) is 11.5 Å². The van der Waals surface area contributed by atoms with Crippen LogP contribution in [-0.4, -0.2) is 58.9 Å². The van der Waals surface area contributed by atoms with Crippen LogP contribution in [0.2, 0.25) is 0 Å². The largest absolute Gasteiger partial charge is 0.443 e. The smallest absolute Gasteiger partial charge is 0.418 e. The number of carbonyl (C=O) groups is 2. The number of piperidine rings is 1. The number of hydrogen-bond donors (Lipinski definition) is 1. The monoisotopic (exact) mass is 541 g/mol. The molecule has 208 valence electrons. The molecule has 2 amide bonds. The van der Waals surface area contributed by atoms with E-state index >= 15 is 0 Å². The lowest BCUT2D eigenvalue weighted by molar-refractivity contribution is 0.0571. The molecule has 0 spiro atoms. The number of rotatable bonds is 8. The standard InChI is InChI=1S/C28H33F2N5O4/c1-28(2,3)39-27(37)35(18-8-17-34-15-5-4-6-16-34)26-33-32-25(38-26)19-11-13-20(14-12-19)31-24(36)21-9-7-10-22(29)23(21)30/h7,9-14H,4-6,8,15-18H2,1-3H3,(H,31,36). The summed E-state index contributed by atoms with van der Waals surface area (Å²) in [6.07, 6.45) is 3.78. The molecule has 0 atom stereocenters. The average molecular weight is 542 g/mol. The van der Waals surface area contributed by atoms with Gasteiger partial charge in [-0.05, 0) is 96.1 Å². The SMILES string of the molecule is CC(C)(C)OC(=O)N(CCCN1CCCCC1)c1nnc(-c2ccc(NC(=O)c3cccc(F)c3F)cc2)o1. The first-order valence-electron chi connectivity index (χ1n) is 13.0. The van der Waals surface area contributed by atoms with Gasteiger partial charge in [0, 0.05) is 17.8 Å². The fourth-order valence-corrected chi connectivity index (χ4v) is 4.23. The Labute approximate surface area is 226 Å². The van der Waals surface area contributed by atoms with Gasteiger partial charge in [-0.1, -0.05) is 17.6 Å². The summed E-state index contributed by atoms with van der Waals surface area (Å²) in [5, 5.41) is 10.7. The molecule has 11 heteroatoms. The second-order valence-electron chi connectivity index (χ2n) is 10.4. The quantitative estimate of drug-likeness (QED) is 0.380. The maximum atomic E-state index is 13.9. The van der Waals surface area contributed by atoms with Gasteiger partial charge in [0.25, 0.3) is 5.91 Å². The fourth-order valence-electron chi connectivity index (χ4n) is 4.23. The van der Waals surface area contributed by atoms with Crippen LogP contribution >= 0.6 is 0 Å². The number of hydrogen-bond acceptors (Lipinski definition) is 7. The van der Waals surface area contributed by atoms with Crippen molar-refractivity contribution in [1.29, 1.82) is 0 Å². The van der Waals surface area contributed by atoms with Crippen LogP contribution in [0, 0.1) is 11.6 Å². The Morgan fingerprint density at radius 1 is 1.05 bits per heavy atom. The number of amides is 2. The van der Waals surface area contributed by atoms with E-state index in [-0.39, 0.29) is 11.9 Å². The topological polar surface area (TPSA) is 101 Å². The zero-order valence-corrected chi connectivity index (χ0v) is 22.4. The van der Waals surface area contributed by atoms with E-state index in [9.17, 15) is 18.4 Å². The Balaban J connectivity index is 1.44. The fraction of sp³-hybridized carbons (Fsp3) is 0.429. The molecular weight excluding hydrogens is 508 g/mol. The maximum absolute atomic E-state index is 13.9. The van der Waals surface area contributed by atoms with Crippen LogP contribution in [0.5, 0.6) is 0 Å². The maximum Gasteiger partial charge on any atom is 0.418 e. The van der Waals surface area contributed by atoms with Crippen LogP contribution in [0.1, 0.15) is 56.8 Å². The van der Waals surface area contributed by atoms with Crippen molar-refractivity contribution in [1.82, 2.24) is 15.1 Å². The normalized spacial score (nSPS) is 14.2. The molecule has 2 heterocycles. The van der Waals surface area contributed by atoms with Gasteiger partial charge in [-0.15, -0.1) is 5.10 Å². The number of ether oxygens (including phenoxy) is 1. The minimum atomic E-state index is -1.21. The Hall–Kier alpha value is -3.86. The third-order valence-corrected chi connectivity index (χ3v) is 6.15. The third kappa shape index (κ3) is 7.60. The average Bonchev–Trinajstić information content (AvgIpc) is 3.38. The Bertz CT molecular complexity index is 1280. The number of carbonyl (C=O) groups excluding carboxylic acids is 2. The molecule has 1 aliphatic heterocycles. The van der Waals surface area contributed by atoms with E-state index in [2.05, 4.69) is 20.4 Å². The molecule has 0 bridgehead atoms. The van der Waals surface area contributed by atoms with Gasteiger partial charge in [-0.2, -0.15) is 0 Å². The molecule has 9 nitrogen and oxygen atoms in total. The number of benzene rings is 2. The second kappa shape index (κ2) is 12.3. The van der Waals surface area contributed by atoms with Crippen LogP contribution in [0.3, 0.4) is 0 Å². The molecule has 0 radical (unpaired) electrons. The highest BCUT2D eigenvalue weighted by molar-refractivity contribution is 6.04. The second-order valence-corrected chi connectivity index (χ2v) is 10.4. The Kier molecular flexibility index (Phi) is 8.90. The van der Waals surface area contributed by atoms with Crippen molar-refractivity contribution >= 4 is 23.7 Å². The van der Waals surface area contributed by atoms with Gasteiger partial charge in [-0.25, -0.2) is 18.5 Å². The van der Waals surface area contributed by atoms with Crippen molar-refractivity contribution in [2.45, 2.75) is 52.1 Å². The van der Waals surface area contributed by atoms with Gasteiger partial charge in [0.1, 0.15) is 5.60 Å². The van der Waals surface area contributed by atoms with Crippen LogP contribution < -0.4 is 10.2 Å². The highest BCUT2D eigenvalue weighted by Crippen LogP contribution is 2.25. The van der Waals surface area contributed by atoms with Crippen LogP contribution in [0.15, 0.2) is 46.9 Å². The lowest BCUT2D eigenvalue weighted by atomic mass is 10.1. The number of nitrogens with zero attached hydrogens (tertiary/aromatic N) is 4. The first-order chi connectivity index (χ1) is 18.6. The lowest BCUT2D eigenvalue weighted by Gasteiger charge is -2.28. The number of halogens is 2. The molecule has 2 aromatic carbocycles. The molecule has 1 N–H and O–H groups in total. The van der Waals surface area contributed by atoms with Crippen molar-refractivity contribution in [3.8, 4) is 11.5 Å². The molecule has 1 aromatic heterocycles. The first-order valence-corrected chi connectivity index (χ1v) is 13.0. The van der Waals surface area contributed by atoms with Gasteiger partial charge in [0.05, 0.1) is 5.56 Å². The van der Waals surface area contributed by atoms with Crippen molar-refractivity contribution < 1.29 is 27.5 Å². The van der Waals surface area contributed by atoms with E-state index in [0.29, 0.717) is 17.8 Å². The molecule has 0 aliphatic carbocycles. The highest BCUT2D eigenvalue weighted by Gasteiger charge is 2.28. The minimum absolute atomic E-state index is 0.0249. The first kappa shape index (κ1) is 28.2. The molecule has 3 aromatic rings. The number of anilines is 2. The summed E-state index contributed by atoms with van der Waals surface area (Å²) in [5.74, 6) is -2.92. The molecule has 39 heavy (non-hydrogen) atoms. The van der Waals surface area contributed by atoms with E-state index in [1.165, 1.54) is 36.3 Å². The van der Waals surface area contributed by atoms with E-state index in [1.807, 2.05) is 0 Å². The number of aromatic nitrogens is 2. The summed E-state index contributed by atoms with van der Waals surface area (Å²) in [5.41, 5.74) is -0.190. The van der Waals surface area contributed by atoms with Gasteiger partial charge in [-0.3, -0.25) is 4.79 Å². The van der Waals surface area contributed by atoms with Gasteiger partial charge >= 0.3 is 12.1 Å². The van der Waals surface area contributed by atoms with Crippen LogP contribution in [-0.2, 0) is 4.74 Å². The van der Waals surface area contributed by atoms with Gasteiger partial charge in [0.15, 0.2) is 11.6 Å². The van der Waals surface area contributed by atoms with E-state index in [4.69, 9.17) is 9.15 Å². The molecule has 1 aliphatic rings. The van der Waals surface area contributed by atoms with Crippen molar-refractivity contribution in [2.24, 2.45) is 0 Å². The summed E-state index contributed by atoms with van der Waals surface area (Å²) >= 11 is 0. The van der Waals surface area contributed by atoms with E-state index < -0.39 is 34.8 Å². The molecule has 0 unspecified atom stereocenters. The molecule has 0 saturated carbocycles. The Morgan fingerprint density at radius 3 is 2.46 bits per heavy atom. The van der Waals surface area contributed by atoms with E-state index in [0.717, 1.165) is 32.1 Å². The van der Waals surface area contributed by atoms with Gasteiger partial charge in [0.2, 0.25) is 5.89 Å². The van der Waals surface area contributed by atoms with Crippen molar-refractivity contribution in [3.63, 3.8) is 0 Å². The number of likely N-dealkylation sites (tertiary alicyclic amines) is 1. The summed E-state index contributed by atoms with van der Waals surface area (Å²) < 4.78 is 38.8. The molecule has 1 saturated heterocycles. The summed E-state index contributed by atoms with van der Waals surface area (Å²) in [6, 6.07) is 9.82. The molecular formula is C28H33F2N5O4. The third-order valence-electron chi connectivity index (χ3n) is 6.15. The predicted octanol–water partition coefficient (Wildman–Crippen LogP) is 5.88. The predicted molar refractivity (Wildman–Crippen MR) is 143 cm³/mol. The van der Waals surface area contributed by atoms with E-state index in [1.54, 1.807) is 45.0 Å². The number of nitrogens with one attached hydrogen (secondary N) is 1. The van der Waals surface area contributed by atoms with Gasteiger partial charge < -0.3 is 19.4 Å². The summed E-state index contributed by atoms with van der Waals surface area (Å²) in [7, 11) is 0. The zero-order valence-electron chi connectivity index (χ0n) is 22.4. The molecule has 4 rings (SSSR count). The lowest BCUT2D eigenvalue weighted by Crippen LogP contribution is -2.39. The van der Waals surface area contributed by atoms with Crippen LogP contribution in [0.4, 0.5) is 25.3 Å². The minimum Gasteiger partial charge on any atom is -0.443 e. The van der Waals surface area contributed by atoms with Crippen molar-refractivity contribution in [3.05, 3.63) is 59.7 Å². The highest BCUT2D eigenvalue weighted by atomic mass is 19.2. The summed E-state index contributed by atoms with van der Waals surface area (Å²) in [6.45, 7) is 8.70. The Morgan fingerprint density at radius 2 is 1.77 bits per heavy atom.